The van der Waals surface area contributed by atoms with Crippen molar-refractivity contribution in [1.29, 1.82) is 0 Å². The SMILES string of the molecule is C1=CC2Sc3ncccc3OC2C=C1NCc1ccncc1. The van der Waals surface area contributed by atoms with Gasteiger partial charge in [-0.25, -0.2) is 4.98 Å². The minimum atomic E-state index is 0.0478. The number of fused-ring (bicyclic) bond motifs is 2. The van der Waals surface area contributed by atoms with E-state index in [1.807, 2.05) is 36.7 Å². The van der Waals surface area contributed by atoms with Crippen molar-refractivity contribution in [3.05, 3.63) is 72.3 Å². The van der Waals surface area contributed by atoms with Crippen LogP contribution in [0.3, 0.4) is 0 Å². The minimum Gasteiger partial charge on any atom is -0.482 e. The van der Waals surface area contributed by atoms with Crippen molar-refractivity contribution in [2.45, 2.75) is 22.9 Å². The van der Waals surface area contributed by atoms with Crippen LogP contribution in [0.25, 0.3) is 0 Å². The summed E-state index contributed by atoms with van der Waals surface area (Å²) in [6.45, 7) is 0.779. The second-order valence-corrected chi connectivity index (χ2v) is 6.33. The summed E-state index contributed by atoms with van der Waals surface area (Å²) in [5.41, 5.74) is 2.30. The third kappa shape index (κ3) is 2.72. The molecule has 2 unspecified atom stereocenters. The first-order valence-corrected chi connectivity index (χ1v) is 8.07. The van der Waals surface area contributed by atoms with Gasteiger partial charge in [0.2, 0.25) is 0 Å². The second kappa shape index (κ2) is 5.85. The zero-order valence-corrected chi connectivity index (χ0v) is 12.7. The lowest BCUT2D eigenvalue weighted by Gasteiger charge is -2.31. The smallest absolute Gasteiger partial charge is 0.152 e. The van der Waals surface area contributed by atoms with Gasteiger partial charge >= 0.3 is 0 Å². The number of rotatable bonds is 3. The molecule has 22 heavy (non-hydrogen) atoms. The zero-order valence-electron chi connectivity index (χ0n) is 11.8. The van der Waals surface area contributed by atoms with E-state index in [0.29, 0.717) is 0 Å². The largest absolute Gasteiger partial charge is 0.482 e. The van der Waals surface area contributed by atoms with E-state index in [0.717, 1.165) is 23.0 Å². The third-order valence-corrected chi connectivity index (χ3v) is 4.85. The van der Waals surface area contributed by atoms with Gasteiger partial charge in [0.05, 0.1) is 5.25 Å². The van der Waals surface area contributed by atoms with E-state index in [1.165, 1.54) is 5.56 Å². The summed E-state index contributed by atoms with van der Waals surface area (Å²) in [7, 11) is 0. The maximum Gasteiger partial charge on any atom is 0.152 e. The average Bonchev–Trinajstić information content (AvgIpc) is 2.59. The highest BCUT2D eigenvalue weighted by atomic mass is 32.2. The lowest BCUT2D eigenvalue weighted by Crippen LogP contribution is -2.33. The van der Waals surface area contributed by atoms with E-state index < -0.39 is 0 Å². The molecule has 2 aliphatic rings. The third-order valence-electron chi connectivity index (χ3n) is 3.63. The normalized spacial score (nSPS) is 22.1. The molecular formula is C17H15N3OS. The van der Waals surface area contributed by atoms with Gasteiger partial charge in [0, 0.05) is 30.8 Å². The van der Waals surface area contributed by atoms with Crippen molar-refractivity contribution >= 4 is 11.8 Å². The highest BCUT2D eigenvalue weighted by Gasteiger charge is 2.30. The van der Waals surface area contributed by atoms with Crippen molar-refractivity contribution in [2.75, 3.05) is 0 Å². The van der Waals surface area contributed by atoms with Gasteiger partial charge in [0.25, 0.3) is 0 Å². The van der Waals surface area contributed by atoms with Gasteiger partial charge < -0.3 is 10.1 Å². The number of nitrogens with zero attached hydrogens (tertiary/aromatic N) is 2. The standard InChI is InChI=1S/C17H15N3OS/c1-2-14-17(19-7-1)22-16-4-3-13(10-15(16)21-14)20-11-12-5-8-18-9-6-12/h1-10,15-16,20H,11H2. The van der Waals surface area contributed by atoms with Crippen LogP contribution in [0.2, 0.25) is 0 Å². The van der Waals surface area contributed by atoms with E-state index in [-0.39, 0.29) is 11.4 Å². The summed E-state index contributed by atoms with van der Waals surface area (Å²) in [6.07, 6.45) is 11.9. The van der Waals surface area contributed by atoms with Crippen LogP contribution in [-0.2, 0) is 6.54 Å². The molecule has 1 aliphatic carbocycles. The first-order valence-electron chi connectivity index (χ1n) is 7.20. The lowest BCUT2D eigenvalue weighted by atomic mass is 10.1. The Hall–Kier alpha value is -2.27. The molecule has 4 rings (SSSR count). The summed E-state index contributed by atoms with van der Waals surface area (Å²) in [5.74, 6) is 0.869. The summed E-state index contributed by atoms with van der Waals surface area (Å²) in [6, 6.07) is 7.90. The summed E-state index contributed by atoms with van der Waals surface area (Å²) in [4.78, 5) is 8.40. The fourth-order valence-electron chi connectivity index (χ4n) is 2.50. The van der Waals surface area contributed by atoms with Crippen LogP contribution in [0.5, 0.6) is 5.75 Å². The average molecular weight is 309 g/mol. The summed E-state index contributed by atoms with van der Waals surface area (Å²) in [5, 5.41) is 4.69. The highest BCUT2D eigenvalue weighted by Crippen LogP contribution is 2.40. The molecule has 0 saturated heterocycles. The van der Waals surface area contributed by atoms with Crippen LogP contribution in [-0.4, -0.2) is 21.3 Å². The molecule has 2 aromatic rings. The highest BCUT2D eigenvalue weighted by molar-refractivity contribution is 8.00. The van der Waals surface area contributed by atoms with Crippen molar-refractivity contribution in [2.24, 2.45) is 0 Å². The summed E-state index contributed by atoms with van der Waals surface area (Å²) < 4.78 is 6.06. The van der Waals surface area contributed by atoms with Crippen LogP contribution >= 0.6 is 11.8 Å². The molecule has 4 nitrogen and oxygen atoms in total. The summed E-state index contributed by atoms with van der Waals surface area (Å²) >= 11 is 1.75. The number of allylic oxidation sites excluding steroid dienone is 1. The lowest BCUT2D eigenvalue weighted by molar-refractivity contribution is 0.240. The maximum absolute atomic E-state index is 6.06. The quantitative estimate of drug-likeness (QED) is 0.944. The van der Waals surface area contributed by atoms with E-state index >= 15 is 0 Å². The molecule has 3 heterocycles. The molecule has 0 amide bonds. The van der Waals surface area contributed by atoms with E-state index in [9.17, 15) is 0 Å². The second-order valence-electron chi connectivity index (χ2n) is 5.16. The Bertz CT molecular complexity index is 730. The Morgan fingerprint density at radius 3 is 3.00 bits per heavy atom. The minimum absolute atomic E-state index is 0.0478. The van der Waals surface area contributed by atoms with Gasteiger partial charge in [-0.1, -0.05) is 17.8 Å². The fourth-order valence-corrected chi connectivity index (χ4v) is 3.53. The van der Waals surface area contributed by atoms with Gasteiger partial charge in [0.15, 0.2) is 5.75 Å². The van der Waals surface area contributed by atoms with Crippen molar-refractivity contribution in [1.82, 2.24) is 15.3 Å². The number of pyridine rings is 2. The Kier molecular flexibility index (Phi) is 3.56. The van der Waals surface area contributed by atoms with E-state index in [1.54, 1.807) is 18.0 Å². The predicted octanol–water partition coefficient (Wildman–Crippen LogP) is 2.94. The Balaban J connectivity index is 1.47. The van der Waals surface area contributed by atoms with Crippen molar-refractivity contribution in [3.63, 3.8) is 0 Å². The molecule has 1 aliphatic heterocycles. The molecule has 2 aromatic heterocycles. The Morgan fingerprint density at radius 1 is 1.18 bits per heavy atom. The number of aromatic nitrogens is 2. The number of hydrogen-bond donors (Lipinski definition) is 1. The molecule has 0 saturated carbocycles. The number of nitrogens with one attached hydrogen (secondary N) is 1. The molecule has 2 atom stereocenters. The zero-order chi connectivity index (χ0) is 14.8. The van der Waals surface area contributed by atoms with E-state index in [4.69, 9.17) is 4.74 Å². The molecule has 0 spiro atoms. The van der Waals surface area contributed by atoms with Crippen LogP contribution in [0.4, 0.5) is 0 Å². The maximum atomic E-state index is 6.06. The first-order chi connectivity index (χ1) is 10.9. The molecule has 0 radical (unpaired) electrons. The fraction of sp³-hybridized carbons (Fsp3) is 0.176. The molecule has 0 bridgehead atoms. The molecule has 1 N–H and O–H groups in total. The topological polar surface area (TPSA) is 47.0 Å². The van der Waals surface area contributed by atoms with Crippen LogP contribution < -0.4 is 10.1 Å². The van der Waals surface area contributed by atoms with E-state index in [2.05, 4.69) is 33.5 Å². The monoisotopic (exact) mass is 309 g/mol. The van der Waals surface area contributed by atoms with Gasteiger partial charge in [-0.2, -0.15) is 0 Å². The Labute approximate surface area is 133 Å². The van der Waals surface area contributed by atoms with Crippen LogP contribution in [0, 0.1) is 0 Å². The van der Waals surface area contributed by atoms with Crippen LogP contribution in [0.15, 0.2) is 71.8 Å². The molecule has 0 aromatic carbocycles. The molecule has 0 fully saturated rings. The number of ether oxygens (including phenoxy) is 1. The van der Waals surface area contributed by atoms with Crippen molar-refractivity contribution < 1.29 is 4.74 Å². The van der Waals surface area contributed by atoms with Gasteiger partial charge in [0.1, 0.15) is 11.1 Å². The van der Waals surface area contributed by atoms with Gasteiger partial charge in [-0.05, 0) is 42.0 Å². The van der Waals surface area contributed by atoms with Crippen molar-refractivity contribution in [3.8, 4) is 5.75 Å². The van der Waals surface area contributed by atoms with Gasteiger partial charge in [-0.15, -0.1) is 0 Å². The predicted molar refractivity (Wildman–Crippen MR) is 86.6 cm³/mol. The molecule has 5 heteroatoms. The van der Waals surface area contributed by atoms with Crippen LogP contribution in [0.1, 0.15) is 5.56 Å². The molecule has 110 valence electrons. The first kappa shape index (κ1) is 13.4. The molecular weight excluding hydrogens is 294 g/mol. The Morgan fingerprint density at radius 2 is 2.09 bits per heavy atom. The van der Waals surface area contributed by atoms with Gasteiger partial charge in [-0.3, -0.25) is 4.98 Å². The number of thioether (sulfide) groups is 1. The number of hydrogen-bond acceptors (Lipinski definition) is 5.